The maximum Gasteiger partial charge on any atom is 0.119 e. The molecule has 0 radical (unpaired) electrons. The van der Waals surface area contributed by atoms with Crippen molar-refractivity contribution in [3.05, 3.63) is 28.8 Å². The Labute approximate surface area is 118 Å². The lowest BCUT2D eigenvalue weighted by atomic mass is 10.0. The summed E-state index contributed by atoms with van der Waals surface area (Å²) in [6.07, 6.45) is 2.08. The highest BCUT2D eigenvalue weighted by Crippen LogP contribution is 2.23. The van der Waals surface area contributed by atoms with Crippen LogP contribution in [0.1, 0.15) is 29.5 Å². The summed E-state index contributed by atoms with van der Waals surface area (Å²) in [5.74, 6) is 3.24. The zero-order valence-electron chi connectivity index (χ0n) is 12.0. The Morgan fingerprint density at radius 3 is 2.21 bits per heavy atom. The van der Waals surface area contributed by atoms with Crippen LogP contribution in [0, 0.1) is 26.7 Å². The Morgan fingerprint density at radius 1 is 1.16 bits per heavy atom. The van der Waals surface area contributed by atoms with Crippen LogP contribution in [-0.4, -0.2) is 27.8 Å². The summed E-state index contributed by atoms with van der Waals surface area (Å²) < 4.78 is 17.2. The Balaban J connectivity index is 0.00000180. The van der Waals surface area contributed by atoms with Crippen molar-refractivity contribution in [1.82, 2.24) is 0 Å². The first kappa shape index (κ1) is 16.2. The maximum atomic E-state index is 11.3. The molecular weight excluding hydrogens is 260 g/mol. The SMILES string of the molecule is Cc1cc(OCC2CCS(=O)CC2)cc(C)c1C.O. The molecule has 2 N–H and O–H groups in total. The van der Waals surface area contributed by atoms with E-state index in [0.29, 0.717) is 5.92 Å². The quantitative estimate of drug-likeness (QED) is 0.855. The second kappa shape index (κ2) is 7.06. The van der Waals surface area contributed by atoms with Crippen molar-refractivity contribution >= 4 is 10.8 Å². The summed E-state index contributed by atoms with van der Waals surface area (Å²) in [6, 6.07) is 4.23. The fourth-order valence-electron chi connectivity index (χ4n) is 2.30. The molecule has 19 heavy (non-hydrogen) atoms. The van der Waals surface area contributed by atoms with Gasteiger partial charge in [-0.05, 0) is 68.4 Å². The van der Waals surface area contributed by atoms with E-state index in [2.05, 4.69) is 32.9 Å². The molecule has 1 aliphatic rings. The molecule has 0 aliphatic carbocycles. The molecule has 0 saturated carbocycles. The van der Waals surface area contributed by atoms with Crippen molar-refractivity contribution in [1.29, 1.82) is 0 Å². The largest absolute Gasteiger partial charge is 0.493 e. The van der Waals surface area contributed by atoms with Gasteiger partial charge in [0.1, 0.15) is 5.75 Å². The summed E-state index contributed by atoms with van der Waals surface area (Å²) in [5.41, 5.74) is 3.92. The van der Waals surface area contributed by atoms with Gasteiger partial charge < -0.3 is 10.2 Å². The van der Waals surface area contributed by atoms with Gasteiger partial charge in [-0.2, -0.15) is 0 Å². The second-order valence-corrected chi connectivity index (χ2v) is 6.98. The van der Waals surface area contributed by atoms with E-state index < -0.39 is 10.8 Å². The lowest BCUT2D eigenvalue weighted by Gasteiger charge is -2.22. The molecule has 0 unspecified atom stereocenters. The number of aryl methyl sites for hydroxylation is 2. The first-order valence-corrected chi connectivity index (χ1v) is 8.10. The first-order chi connectivity index (χ1) is 8.56. The predicted molar refractivity (Wildman–Crippen MR) is 80.4 cm³/mol. The van der Waals surface area contributed by atoms with Crippen LogP contribution in [0.4, 0.5) is 0 Å². The molecule has 1 saturated heterocycles. The van der Waals surface area contributed by atoms with Crippen molar-refractivity contribution in [3.8, 4) is 5.75 Å². The van der Waals surface area contributed by atoms with E-state index in [1.165, 1.54) is 16.7 Å². The standard InChI is InChI=1S/C15H22O2S.H2O/c1-11-8-15(9-12(2)13(11)3)17-10-14-4-6-18(16)7-5-14;/h8-9,14H,4-7,10H2,1-3H3;1H2. The highest BCUT2D eigenvalue weighted by molar-refractivity contribution is 7.85. The van der Waals surface area contributed by atoms with E-state index in [4.69, 9.17) is 4.74 Å². The minimum absolute atomic E-state index is 0. The van der Waals surface area contributed by atoms with Crippen LogP contribution in [0.15, 0.2) is 12.1 Å². The fraction of sp³-hybridized carbons (Fsp3) is 0.600. The molecule has 0 spiro atoms. The van der Waals surface area contributed by atoms with Gasteiger partial charge in [0.2, 0.25) is 0 Å². The highest BCUT2D eigenvalue weighted by atomic mass is 32.2. The first-order valence-electron chi connectivity index (χ1n) is 6.62. The van der Waals surface area contributed by atoms with E-state index in [1.807, 2.05) is 0 Å². The number of hydrogen-bond acceptors (Lipinski definition) is 2. The molecule has 108 valence electrons. The number of benzene rings is 1. The van der Waals surface area contributed by atoms with Gasteiger partial charge in [-0.25, -0.2) is 0 Å². The van der Waals surface area contributed by atoms with Crippen LogP contribution >= 0.6 is 0 Å². The van der Waals surface area contributed by atoms with E-state index in [-0.39, 0.29) is 5.48 Å². The van der Waals surface area contributed by atoms with Gasteiger partial charge in [0.15, 0.2) is 0 Å². The predicted octanol–water partition coefficient (Wildman–Crippen LogP) is 2.32. The number of hydrogen-bond donors (Lipinski definition) is 0. The minimum atomic E-state index is -0.575. The molecule has 0 bridgehead atoms. The van der Waals surface area contributed by atoms with Crippen LogP contribution in [0.2, 0.25) is 0 Å². The van der Waals surface area contributed by atoms with Gasteiger partial charge in [-0.3, -0.25) is 4.21 Å². The molecule has 3 nitrogen and oxygen atoms in total. The van der Waals surface area contributed by atoms with Crippen molar-refractivity contribution in [2.24, 2.45) is 5.92 Å². The monoisotopic (exact) mass is 284 g/mol. The average Bonchev–Trinajstić information content (AvgIpc) is 2.35. The van der Waals surface area contributed by atoms with Gasteiger partial charge >= 0.3 is 0 Å². The maximum absolute atomic E-state index is 11.3. The summed E-state index contributed by atoms with van der Waals surface area (Å²) in [6.45, 7) is 7.15. The highest BCUT2D eigenvalue weighted by Gasteiger charge is 2.18. The van der Waals surface area contributed by atoms with E-state index >= 15 is 0 Å². The summed E-state index contributed by atoms with van der Waals surface area (Å²) in [5, 5.41) is 0. The molecule has 4 heteroatoms. The Morgan fingerprint density at radius 2 is 1.68 bits per heavy atom. The third-order valence-corrected chi connectivity index (χ3v) is 5.28. The molecule has 1 fully saturated rings. The third-order valence-electron chi connectivity index (χ3n) is 3.89. The smallest absolute Gasteiger partial charge is 0.119 e. The molecular formula is C15H24O3S. The summed E-state index contributed by atoms with van der Waals surface area (Å²) >= 11 is 0. The molecule has 1 aromatic rings. The topological polar surface area (TPSA) is 57.8 Å². The lowest BCUT2D eigenvalue weighted by molar-refractivity contribution is 0.239. The molecule has 1 aromatic carbocycles. The Kier molecular flexibility index (Phi) is 6.01. The van der Waals surface area contributed by atoms with E-state index in [9.17, 15) is 4.21 Å². The van der Waals surface area contributed by atoms with Crippen molar-refractivity contribution in [2.75, 3.05) is 18.1 Å². The number of rotatable bonds is 3. The van der Waals surface area contributed by atoms with Crippen molar-refractivity contribution < 1.29 is 14.4 Å². The molecule has 2 rings (SSSR count). The van der Waals surface area contributed by atoms with Crippen LogP contribution in [0.25, 0.3) is 0 Å². The normalized spacial score (nSPS) is 22.7. The van der Waals surface area contributed by atoms with Gasteiger partial charge in [-0.15, -0.1) is 0 Å². The summed E-state index contributed by atoms with van der Waals surface area (Å²) in [7, 11) is -0.575. The van der Waals surface area contributed by atoms with Crippen LogP contribution in [0.3, 0.4) is 0 Å². The molecule has 1 heterocycles. The molecule has 0 amide bonds. The third kappa shape index (κ3) is 4.32. The van der Waals surface area contributed by atoms with Gasteiger partial charge in [0.05, 0.1) is 6.61 Å². The average molecular weight is 284 g/mol. The van der Waals surface area contributed by atoms with Crippen LogP contribution < -0.4 is 4.74 Å². The lowest BCUT2D eigenvalue weighted by Crippen LogP contribution is -2.23. The zero-order chi connectivity index (χ0) is 13.1. The van der Waals surface area contributed by atoms with Crippen molar-refractivity contribution in [3.63, 3.8) is 0 Å². The van der Waals surface area contributed by atoms with Gasteiger partial charge in [0, 0.05) is 22.3 Å². The van der Waals surface area contributed by atoms with Crippen LogP contribution in [0.5, 0.6) is 5.75 Å². The Bertz CT molecular complexity index is 424. The number of ether oxygens (including phenoxy) is 1. The minimum Gasteiger partial charge on any atom is -0.493 e. The van der Waals surface area contributed by atoms with Crippen LogP contribution in [-0.2, 0) is 10.8 Å². The summed E-state index contributed by atoms with van der Waals surface area (Å²) in [4.78, 5) is 0. The second-order valence-electron chi connectivity index (χ2n) is 5.28. The molecule has 0 aromatic heterocycles. The Hall–Kier alpha value is -0.870. The van der Waals surface area contributed by atoms with Gasteiger partial charge in [-0.1, -0.05) is 0 Å². The van der Waals surface area contributed by atoms with Crippen molar-refractivity contribution in [2.45, 2.75) is 33.6 Å². The molecule has 0 atom stereocenters. The zero-order valence-corrected chi connectivity index (χ0v) is 12.8. The molecule has 1 aliphatic heterocycles. The van der Waals surface area contributed by atoms with E-state index in [0.717, 1.165) is 36.7 Å². The fourth-order valence-corrected chi connectivity index (χ4v) is 3.70. The van der Waals surface area contributed by atoms with E-state index in [1.54, 1.807) is 0 Å². The van der Waals surface area contributed by atoms with Gasteiger partial charge in [0.25, 0.3) is 0 Å².